The predicted octanol–water partition coefficient (Wildman–Crippen LogP) is 3.59. The number of hydrogen-bond acceptors (Lipinski definition) is 3. The second-order valence-corrected chi connectivity index (χ2v) is 5.54. The van der Waals surface area contributed by atoms with Crippen LogP contribution in [0.4, 0.5) is 0 Å². The van der Waals surface area contributed by atoms with Gasteiger partial charge in [-0.2, -0.15) is 0 Å². The van der Waals surface area contributed by atoms with Crippen LogP contribution in [0, 0.1) is 0 Å². The van der Waals surface area contributed by atoms with Crippen molar-refractivity contribution in [1.82, 2.24) is 10.6 Å². The Bertz CT molecular complexity index is 651. The van der Waals surface area contributed by atoms with Crippen LogP contribution >= 0.6 is 24.0 Å². The largest absolute Gasteiger partial charge is 0.489 e. The average Bonchev–Trinajstić information content (AvgIpc) is 2.66. The Hall–Kier alpha value is -1.80. The van der Waals surface area contributed by atoms with Crippen LogP contribution in [0.3, 0.4) is 0 Å². The highest BCUT2D eigenvalue weighted by Crippen LogP contribution is 2.13. The minimum absolute atomic E-state index is 0. The van der Waals surface area contributed by atoms with Crippen LogP contribution in [0.5, 0.6) is 5.75 Å². The third kappa shape index (κ3) is 8.53. The summed E-state index contributed by atoms with van der Waals surface area (Å²) in [6, 6.07) is 18.2. The van der Waals surface area contributed by atoms with Gasteiger partial charge in [0, 0.05) is 20.2 Å². The van der Waals surface area contributed by atoms with E-state index in [1.807, 2.05) is 36.4 Å². The minimum atomic E-state index is 0. The fourth-order valence-corrected chi connectivity index (χ4v) is 2.28. The van der Waals surface area contributed by atoms with Crippen LogP contribution in [0.1, 0.15) is 18.1 Å². The van der Waals surface area contributed by atoms with Crippen molar-refractivity contribution < 1.29 is 9.47 Å². The zero-order chi connectivity index (χ0) is 17.7. The van der Waals surface area contributed by atoms with Crippen LogP contribution in [0.15, 0.2) is 59.6 Å². The Morgan fingerprint density at radius 3 is 2.50 bits per heavy atom. The Balaban J connectivity index is 0.00000338. The van der Waals surface area contributed by atoms with Crippen LogP contribution in [-0.2, 0) is 17.9 Å². The first-order chi connectivity index (χ1) is 12.3. The summed E-state index contributed by atoms with van der Waals surface area (Å²) in [6.45, 7) is 5.41. The number of ether oxygens (including phenoxy) is 2. The van der Waals surface area contributed by atoms with Gasteiger partial charge >= 0.3 is 0 Å². The number of nitrogens with one attached hydrogen (secondary N) is 2. The summed E-state index contributed by atoms with van der Waals surface area (Å²) in [4.78, 5) is 4.61. The molecule has 0 heterocycles. The van der Waals surface area contributed by atoms with E-state index in [2.05, 4.69) is 40.7 Å². The minimum Gasteiger partial charge on any atom is -0.489 e. The molecule has 2 N–H and O–H groups in total. The van der Waals surface area contributed by atoms with Gasteiger partial charge in [-0.25, -0.2) is 4.99 Å². The number of guanidine groups is 1. The van der Waals surface area contributed by atoms with Crippen molar-refractivity contribution in [2.24, 2.45) is 4.99 Å². The van der Waals surface area contributed by atoms with Crippen LogP contribution in [0.2, 0.25) is 0 Å². The fraction of sp³-hybridized carbons (Fsp3) is 0.350. The normalized spacial score (nSPS) is 10.8. The molecule has 5 nitrogen and oxygen atoms in total. The second-order valence-electron chi connectivity index (χ2n) is 5.54. The third-order valence-corrected chi connectivity index (χ3v) is 3.50. The summed E-state index contributed by atoms with van der Waals surface area (Å²) in [7, 11) is 1.69. The van der Waals surface area contributed by atoms with Crippen molar-refractivity contribution in [2.75, 3.05) is 26.8 Å². The molecule has 0 radical (unpaired) electrons. The fourth-order valence-electron chi connectivity index (χ4n) is 2.28. The van der Waals surface area contributed by atoms with Gasteiger partial charge in [0.15, 0.2) is 5.96 Å². The summed E-state index contributed by atoms with van der Waals surface area (Å²) < 4.78 is 10.9. The molecule has 0 aliphatic carbocycles. The summed E-state index contributed by atoms with van der Waals surface area (Å²) in [5.41, 5.74) is 2.28. The zero-order valence-electron chi connectivity index (χ0n) is 15.4. The van der Waals surface area contributed by atoms with E-state index >= 15 is 0 Å². The highest BCUT2D eigenvalue weighted by molar-refractivity contribution is 14.0. The SMILES string of the molecule is CCNC(=NCc1cccc(COc2ccccc2)c1)NCCOC.I. The maximum absolute atomic E-state index is 5.80. The van der Waals surface area contributed by atoms with Gasteiger partial charge in [0.25, 0.3) is 0 Å². The van der Waals surface area contributed by atoms with Crippen molar-refractivity contribution in [1.29, 1.82) is 0 Å². The summed E-state index contributed by atoms with van der Waals surface area (Å²) in [5.74, 6) is 1.67. The summed E-state index contributed by atoms with van der Waals surface area (Å²) in [6.07, 6.45) is 0. The molecule has 0 spiro atoms. The van der Waals surface area contributed by atoms with Crippen molar-refractivity contribution in [3.8, 4) is 5.75 Å². The van der Waals surface area contributed by atoms with Gasteiger partial charge in [-0.05, 0) is 30.2 Å². The molecule has 142 valence electrons. The van der Waals surface area contributed by atoms with E-state index in [0.717, 1.165) is 35.9 Å². The van der Waals surface area contributed by atoms with Crippen molar-refractivity contribution in [2.45, 2.75) is 20.1 Å². The lowest BCUT2D eigenvalue weighted by Gasteiger charge is -2.11. The van der Waals surface area contributed by atoms with Crippen LogP contribution < -0.4 is 15.4 Å². The number of halogens is 1. The van der Waals surface area contributed by atoms with E-state index in [4.69, 9.17) is 9.47 Å². The summed E-state index contributed by atoms with van der Waals surface area (Å²) in [5, 5.41) is 6.47. The Morgan fingerprint density at radius 1 is 1.00 bits per heavy atom. The van der Waals surface area contributed by atoms with Crippen molar-refractivity contribution >= 4 is 29.9 Å². The smallest absolute Gasteiger partial charge is 0.191 e. The number of methoxy groups -OCH3 is 1. The maximum atomic E-state index is 5.80. The number of aliphatic imine (C=N–C) groups is 1. The molecule has 26 heavy (non-hydrogen) atoms. The molecule has 2 aromatic rings. The molecule has 0 fully saturated rings. The van der Waals surface area contributed by atoms with Gasteiger partial charge in [0.2, 0.25) is 0 Å². The maximum Gasteiger partial charge on any atom is 0.191 e. The molecule has 0 aromatic heterocycles. The molecule has 0 saturated heterocycles. The van der Waals surface area contributed by atoms with Gasteiger partial charge < -0.3 is 20.1 Å². The average molecular weight is 469 g/mol. The molecule has 0 saturated carbocycles. The molecule has 0 bridgehead atoms. The van der Waals surface area contributed by atoms with Crippen LogP contribution in [0.25, 0.3) is 0 Å². The monoisotopic (exact) mass is 469 g/mol. The van der Waals surface area contributed by atoms with E-state index in [1.165, 1.54) is 0 Å². The number of nitrogens with zero attached hydrogens (tertiary/aromatic N) is 1. The van der Waals surface area contributed by atoms with Gasteiger partial charge in [0.1, 0.15) is 12.4 Å². The quantitative estimate of drug-likeness (QED) is 0.255. The molecular formula is C20H28IN3O2. The van der Waals surface area contributed by atoms with E-state index in [1.54, 1.807) is 7.11 Å². The molecule has 2 rings (SSSR count). The second kappa shape index (κ2) is 13.4. The molecule has 0 unspecified atom stereocenters. The Labute approximate surface area is 173 Å². The van der Waals surface area contributed by atoms with Gasteiger partial charge in [-0.1, -0.05) is 42.5 Å². The number of rotatable bonds is 9. The standard InChI is InChI=1S/C20H27N3O2.HI/c1-3-21-20(22-12-13-24-2)23-15-17-8-7-9-18(14-17)16-25-19-10-5-4-6-11-19;/h4-11,14H,3,12-13,15-16H2,1-2H3,(H2,21,22,23);1H. The lowest BCUT2D eigenvalue weighted by Crippen LogP contribution is -2.38. The van der Waals surface area contributed by atoms with E-state index in [-0.39, 0.29) is 24.0 Å². The Kier molecular flexibility index (Phi) is 11.5. The molecule has 0 amide bonds. The molecule has 6 heteroatoms. The first-order valence-corrected chi connectivity index (χ1v) is 8.58. The highest BCUT2D eigenvalue weighted by atomic mass is 127. The Morgan fingerprint density at radius 2 is 1.77 bits per heavy atom. The molecule has 0 aliphatic heterocycles. The van der Waals surface area contributed by atoms with Gasteiger partial charge in [-0.15, -0.1) is 24.0 Å². The zero-order valence-corrected chi connectivity index (χ0v) is 17.7. The molecular weight excluding hydrogens is 441 g/mol. The number of benzene rings is 2. The lowest BCUT2D eigenvalue weighted by molar-refractivity contribution is 0.203. The van der Waals surface area contributed by atoms with Gasteiger partial charge in [-0.3, -0.25) is 0 Å². The number of hydrogen-bond donors (Lipinski definition) is 2. The van der Waals surface area contributed by atoms with E-state index in [0.29, 0.717) is 19.8 Å². The number of para-hydroxylation sites is 1. The van der Waals surface area contributed by atoms with Crippen LogP contribution in [-0.4, -0.2) is 32.8 Å². The third-order valence-electron chi connectivity index (χ3n) is 3.50. The molecule has 0 atom stereocenters. The highest BCUT2D eigenvalue weighted by Gasteiger charge is 2.00. The lowest BCUT2D eigenvalue weighted by atomic mass is 10.1. The topological polar surface area (TPSA) is 54.9 Å². The van der Waals surface area contributed by atoms with E-state index in [9.17, 15) is 0 Å². The molecule has 0 aliphatic rings. The molecule has 2 aromatic carbocycles. The predicted molar refractivity (Wildman–Crippen MR) is 117 cm³/mol. The van der Waals surface area contributed by atoms with E-state index < -0.39 is 0 Å². The van der Waals surface area contributed by atoms with Crippen molar-refractivity contribution in [3.05, 3.63) is 65.7 Å². The summed E-state index contributed by atoms with van der Waals surface area (Å²) >= 11 is 0. The van der Waals surface area contributed by atoms with Crippen molar-refractivity contribution in [3.63, 3.8) is 0 Å². The first-order valence-electron chi connectivity index (χ1n) is 8.58. The first kappa shape index (κ1) is 22.2. The van der Waals surface area contributed by atoms with Gasteiger partial charge in [0.05, 0.1) is 13.2 Å².